The van der Waals surface area contributed by atoms with Crippen LogP contribution >= 0.6 is 23.7 Å². The molecule has 1 aliphatic rings. The first-order chi connectivity index (χ1) is 11.9. The second kappa shape index (κ2) is 8.73. The second-order valence-electron chi connectivity index (χ2n) is 6.33. The first-order valence-electron chi connectivity index (χ1n) is 8.22. The maximum absolute atomic E-state index is 12.4. The minimum Gasteiger partial charge on any atom is -0.392 e. The quantitative estimate of drug-likeness (QED) is 0.673. The molecule has 2 unspecified atom stereocenters. The number of halogens is 1. The molecule has 1 saturated heterocycles. The van der Waals surface area contributed by atoms with E-state index in [-0.39, 0.29) is 36.2 Å². The summed E-state index contributed by atoms with van der Waals surface area (Å²) < 4.78 is 0. The predicted octanol–water partition coefficient (Wildman–Crippen LogP) is 2.00. The van der Waals surface area contributed by atoms with Crippen LogP contribution in [0.1, 0.15) is 46.0 Å². The van der Waals surface area contributed by atoms with Crippen molar-refractivity contribution < 1.29 is 14.7 Å². The third-order valence-electron chi connectivity index (χ3n) is 4.27. The molecule has 0 aliphatic carbocycles. The number of carbonyl (C=O) groups is 2. The molecule has 0 bridgehead atoms. The van der Waals surface area contributed by atoms with Crippen molar-refractivity contribution >= 4 is 35.4 Å². The number of benzene rings is 1. The van der Waals surface area contributed by atoms with Gasteiger partial charge in [-0.05, 0) is 25.8 Å². The summed E-state index contributed by atoms with van der Waals surface area (Å²) in [6.45, 7) is 4.20. The molecule has 3 rings (SSSR count). The number of carbonyl (C=O) groups excluding carboxylic acids is 2. The van der Waals surface area contributed by atoms with E-state index in [1.165, 1.54) is 11.3 Å². The standard InChI is InChI=1S/C18H21N3O3S.ClH/c1-10-9-25-18(20-10)16(23)13-5-3-12(4-6-13)11(2)21-17(24)15-7-14(22)8-19-15;/h3-6,9,11,14-15,19,22H,7-8H2,1-2H3,(H,21,24);1H/t11-,14?,15?;/m0./s1. The summed E-state index contributed by atoms with van der Waals surface area (Å²) in [6, 6.07) is 6.67. The van der Waals surface area contributed by atoms with Crippen LogP contribution in [0.2, 0.25) is 0 Å². The summed E-state index contributed by atoms with van der Waals surface area (Å²) in [7, 11) is 0. The molecule has 3 N–H and O–H groups in total. The van der Waals surface area contributed by atoms with Gasteiger partial charge in [-0.3, -0.25) is 9.59 Å². The van der Waals surface area contributed by atoms with E-state index in [9.17, 15) is 14.7 Å². The molecule has 1 aromatic heterocycles. The first kappa shape index (κ1) is 20.5. The van der Waals surface area contributed by atoms with Gasteiger partial charge in [0.05, 0.1) is 18.2 Å². The van der Waals surface area contributed by atoms with Crippen molar-refractivity contribution in [2.24, 2.45) is 0 Å². The van der Waals surface area contributed by atoms with Crippen LogP contribution in [0.25, 0.3) is 0 Å². The van der Waals surface area contributed by atoms with Gasteiger partial charge in [0.2, 0.25) is 11.7 Å². The zero-order valence-electron chi connectivity index (χ0n) is 14.6. The Hall–Kier alpha value is -1.80. The van der Waals surface area contributed by atoms with Crippen LogP contribution in [0.5, 0.6) is 0 Å². The Kier molecular flexibility index (Phi) is 6.88. The fourth-order valence-corrected chi connectivity index (χ4v) is 3.58. The van der Waals surface area contributed by atoms with E-state index in [2.05, 4.69) is 15.6 Å². The molecule has 1 aliphatic heterocycles. The molecular weight excluding hydrogens is 374 g/mol. The van der Waals surface area contributed by atoms with Crippen LogP contribution in [-0.2, 0) is 4.79 Å². The number of nitrogens with zero attached hydrogens (tertiary/aromatic N) is 1. The number of thiazole rings is 1. The summed E-state index contributed by atoms with van der Waals surface area (Å²) in [5.41, 5.74) is 2.34. The number of aliphatic hydroxyl groups is 1. The minimum absolute atomic E-state index is 0. The number of nitrogens with one attached hydrogen (secondary N) is 2. The summed E-state index contributed by atoms with van der Waals surface area (Å²) in [5, 5.41) is 17.8. The number of aryl methyl sites for hydroxylation is 1. The Balaban J connectivity index is 0.00000243. The zero-order chi connectivity index (χ0) is 18.0. The van der Waals surface area contributed by atoms with E-state index in [0.717, 1.165) is 11.3 Å². The topological polar surface area (TPSA) is 91.3 Å². The molecule has 8 heteroatoms. The van der Waals surface area contributed by atoms with Gasteiger partial charge in [-0.15, -0.1) is 23.7 Å². The minimum atomic E-state index is -0.467. The lowest BCUT2D eigenvalue weighted by Gasteiger charge is -2.17. The number of ketones is 1. The summed E-state index contributed by atoms with van der Waals surface area (Å²) in [4.78, 5) is 28.8. The van der Waals surface area contributed by atoms with Crippen LogP contribution in [0.4, 0.5) is 0 Å². The number of amides is 1. The molecule has 1 aromatic carbocycles. The zero-order valence-corrected chi connectivity index (χ0v) is 16.2. The van der Waals surface area contributed by atoms with Gasteiger partial charge < -0.3 is 15.7 Å². The number of aliphatic hydroxyl groups excluding tert-OH is 1. The fraction of sp³-hybridized carbons (Fsp3) is 0.389. The number of β-amino-alcohol motifs (C(OH)–C–C–N with tert-alkyl or cyclic N) is 1. The molecule has 3 atom stereocenters. The van der Waals surface area contributed by atoms with Crippen molar-refractivity contribution in [2.45, 2.75) is 38.5 Å². The summed E-state index contributed by atoms with van der Waals surface area (Å²) in [5.74, 6) is -0.215. The Morgan fingerprint density at radius 2 is 2.04 bits per heavy atom. The Bertz CT molecular complexity index is 778. The molecule has 0 saturated carbocycles. The number of hydrogen-bond acceptors (Lipinski definition) is 6. The fourth-order valence-electron chi connectivity index (χ4n) is 2.82. The summed E-state index contributed by atoms with van der Waals surface area (Å²) >= 11 is 1.34. The van der Waals surface area contributed by atoms with Gasteiger partial charge in [-0.2, -0.15) is 0 Å². The highest BCUT2D eigenvalue weighted by molar-refractivity contribution is 7.12. The maximum Gasteiger partial charge on any atom is 0.237 e. The smallest absolute Gasteiger partial charge is 0.237 e. The van der Waals surface area contributed by atoms with E-state index < -0.39 is 6.10 Å². The Morgan fingerprint density at radius 1 is 1.35 bits per heavy atom. The molecule has 2 heterocycles. The van der Waals surface area contributed by atoms with Crippen molar-refractivity contribution in [3.63, 3.8) is 0 Å². The van der Waals surface area contributed by atoms with Crippen LogP contribution in [-0.4, -0.2) is 40.5 Å². The lowest BCUT2D eigenvalue weighted by molar-refractivity contribution is -0.123. The van der Waals surface area contributed by atoms with Crippen molar-refractivity contribution in [1.29, 1.82) is 0 Å². The van der Waals surface area contributed by atoms with Crippen LogP contribution in [0, 0.1) is 6.92 Å². The molecule has 26 heavy (non-hydrogen) atoms. The third-order valence-corrected chi connectivity index (χ3v) is 5.23. The van der Waals surface area contributed by atoms with Crippen LogP contribution in [0.3, 0.4) is 0 Å². The van der Waals surface area contributed by atoms with Crippen molar-refractivity contribution in [3.05, 3.63) is 51.5 Å². The normalized spacial score (nSPS) is 20.3. The number of aromatic nitrogens is 1. The second-order valence-corrected chi connectivity index (χ2v) is 7.18. The van der Waals surface area contributed by atoms with Crippen molar-refractivity contribution in [1.82, 2.24) is 15.6 Å². The molecule has 0 radical (unpaired) electrons. The molecule has 1 fully saturated rings. The molecule has 1 amide bonds. The van der Waals surface area contributed by atoms with Crippen molar-refractivity contribution in [3.8, 4) is 0 Å². The van der Waals surface area contributed by atoms with Crippen molar-refractivity contribution in [2.75, 3.05) is 6.54 Å². The van der Waals surface area contributed by atoms with Gasteiger partial charge in [-0.1, -0.05) is 24.3 Å². The van der Waals surface area contributed by atoms with E-state index in [4.69, 9.17) is 0 Å². The van der Waals surface area contributed by atoms with Gasteiger partial charge >= 0.3 is 0 Å². The number of hydrogen-bond donors (Lipinski definition) is 3. The van der Waals surface area contributed by atoms with E-state index in [0.29, 0.717) is 23.5 Å². The highest BCUT2D eigenvalue weighted by Gasteiger charge is 2.28. The van der Waals surface area contributed by atoms with Crippen LogP contribution < -0.4 is 10.6 Å². The third kappa shape index (κ3) is 4.67. The van der Waals surface area contributed by atoms with Gasteiger partial charge in [0.1, 0.15) is 0 Å². The SMILES string of the molecule is Cc1csc(C(=O)c2ccc([C@H](C)NC(=O)C3CC(O)CN3)cc2)n1.Cl. The van der Waals surface area contributed by atoms with Crippen LogP contribution in [0.15, 0.2) is 29.6 Å². The average molecular weight is 396 g/mol. The summed E-state index contributed by atoms with van der Waals surface area (Å²) in [6.07, 6.45) is -0.0370. The maximum atomic E-state index is 12.4. The predicted molar refractivity (Wildman–Crippen MR) is 103 cm³/mol. The van der Waals surface area contributed by atoms with E-state index >= 15 is 0 Å². The number of rotatable bonds is 5. The van der Waals surface area contributed by atoms with E-state index in [1.54, 1.807) is 12.1 Å². The first-order valence-corrected chi connectivity index (χ1v) is 9.10. The molecule has 0 spiro atoms. The highest BCUT2D eigenvalue weighted by atomic mass is 35.5. The largest absolute Gasteiger partial charge is 0.392 e. The Morgan fingerprint density at radius 3 is 2.58 bits per heavy atom. The molecular formula is C18H22ClN3O3S. The Labute approximate surface area is 162 Å². The average Bonchev–Trinajstić information content (AvgIpc) is 3.23. The molecule has 6 nitrogen and oxygen atoms in total. The van der Waals surface area contributed by atoms with Gasteiger partial charge in [0, 0.05) is 23.2 Å². The van der Waals surface area contributed by atoms with Gasteiger partial charge in [0.25, 0.3) is 0 Å². The van der Waals surface area contributed by atoms with E-state index in [1.807, 2.05) is 31.4 Å². The highest BCUT2D eigenvalue weighted by Crippen LogP contribution is 2.18. The lowest BCUT2D eigenvalue weighted by Crippen LogP contribution is -2.41. The molecule has 2 aromatic rings. The van der Waals surface area contributed by atoms with Gasteiger partial charge in [0.15, 0.2) is 5.01 Å². The van der Waals surface area contributed by atoms with Gasteiger partial charge in [-0.25, -0.2) is 4.98 Å². The molecule has 140 valence electrons. The lowest BCUT2D eigenvalue weighted by atomic mass is 10.0. The monoisotopic (exact) mass is 395 g/mol.